The molecule has 0 aliphatic carbocycles. The van der Waals surface area contributed by atoms with Crippen molar-refractivity contribution in [3.8, 4) is 5.75 Å². The van der Waals surface area contributed by atoms with Gasteiger partial charge in [0, 0.05) is 49.5 Å². The molecule has 1 fully saturated rings. The summed E-state index contributed by atoms with van der Waals surface area (Å²) in [5.41, 5.74) is 4.71. The van der Waals surface area contributed by atoms with Crippen molar-refractivity contribution in [2.24, 2.45) is 0 Å². The minimum absolute atomic E-state index is 0.387. The van der Waals surface area contributed by atoms with E-state index in [4.69, 9.17) is 4.74 Å². The van der Waals surface area contributed by atoms with Gasteiger partial charge in [-0.05, 0) is 19.4 Å². The summed E-state index contributed by atoms with van der Waals surface area (Å²) in [6.45, 7) is 8.02. The Labute approximate surface area is 138 Å². The quantitative estimate of drug-likeness (QED) is 0.942. The fourth-order valence-corrected chi connectivity index (χ4v) is 3.36. The zero-order chi connectivity index (χ0) is 16.2. The van der Waals surface area contributed by atoms with E-state index in [2.05, 4.69) is 52.5 Å². The van der Waals surface area contributed by atoms with Crippen LogP contribution in [0, 0.1) is 13.8 Å². The lowest BCUT2D eigenvalue weighted by molar-refractivity contribution is 0.151. The maximum Gasteiger partial charge on any atom is 0.128 e. The number of nitrogens with one attached hydrogen (secondary N) is 1. The molecule has 1 unspecified atom stereocenters. The van der Waals surface area contributed by atoms with Crippen molar-refractivity contribution in [3.63, 3.8) is 0 Å². The van der Waals surface area contributed by atoms with Gasteiger partial charge in [0.1, 0.15) is 5.75 Å². The molecule has 1 saturated heterocycles. The number of pyridine rings is 1. The molecule has 23 heavy (non-hydrogen) atoms. The van der Waals surface area contributed by atoms with Crippen LogP contribution in [0.15, 0.2) is 36.5 Å². The van der Waals surface area contributed by atoms with Crippen molar-refractivity contribution in [2.75, 3.05) is 26.7 Å². The van der Waals surface area contributed by atoms with Gasteiger partial charge in [-0.25, -0.2) is 0 Å². The second-order valence-corrected chi connectivity index (χ2v) is 6.15. The van der Waals surface area contributed by atoms with Crippen LogP contribution in [-0.2, 0) is 6.54 Å². The Hall–Kier alpha value is -1.91. The Morgan fingerprint density at radius 1 is 1.26 bits per heavy atom. The normalized spacial score (nSPS) is 18.8. The standard InChI is InChI=1S/C19H25N3O/c1-14-11-21-17(15(2)19(14)23-3)13-22-10-9-20-12-18(22)16-7-5-4-6-8-16/h4-8,11,18,20H,9-10,12-13H2,1-3H3. The molecule has 0 radical (unpaired) electrons. The number of aryl methyl sites for hydroxylation is 1. The molecule has 4 heteroatoms. The van der Waals surface area contributed by atoms with Crippen molar-refractivity contribution >= 4 is 0 Å². The zero-order valence-corrected chi connectivity index (χ0v) is 14.2. The molecule has 1 atom stereocenters. The van der Waals surface area contributed by atoms with Crippen molar-refractivity contribution in [1.29, 1.82) is 0 Å². The summed E-state index contributed by atoms with van der Waals surface area (Å²) in [5.74, 6) is 0.960. The van der Waals surface area contributed by atoms with Gasteiger partial charge in [0.05, 0.1) is 12.8 Å². The Morgan fingerprint density at radius 3 is 2.78 bits per heavy atom. The van der Waals surface area contributed by atoms with Gasteiger partial charge in [-0.15, -0.1) is 0 Å². The van der Waals surface area contributed by atoms with Crippen LogP contribution in [0.2, 0.25) is 0 Å². The third-order valence-electron chi connectivity index (χ3n) is 4.64. The first kappa shape index (κ1) is 16.0. The third-order valence-corrected chi connectivity index (χ3v) is 4.64. The molecule has 0 spiro atoms. The molecule has 2 aromatic rings. The molecule has 1 N–H and O–H groups in total. The summed E-state index contributed by atoms with van der Waals surface area (Å²) in [6.07, 6.45) is 1.92. The molecule has 1 aromatic carbocycles. The highest BCUT2D eigenvalue weighted by Crippen LogP contribution is 2.28. The predicted molar refractivity (Wildman–Crippen MR) is 92.7 cm³/mol. The lowest BCUT2D eigenvalue weighted by atomic mass is 10.0. The number of ether oxygens (including phenoxy) is 1. The summed E-state index contributed by atoms with van der Waals surface area (Å²) in [6, 6.07) is 11.1. The minimum Gasteiger partial charge on any atom is -0.496 e. The minimum atomic E-state index is 0.387. The van der Waals surface area contributed by atoms with E-state index < -0.39 is 0 Å². The molecular formula is C19H25N3O. The summed E-state index contributed by atoms with van der Waals surface area (Å²) in [4.78, 5) is 7.18. The highest BCUT2D eigenvalue weighted by Gasteiger charge is 2.25. The second kappa shape index (κ2) is 7.11. The highest BCUT2D eigenvalue weighted by atomic mass is 16.5. The van der Waals surface area contributed by atoms with E-state index in [9.17, 15) is 0 Å². The number of piperazine rings is 1. The van der Waals surface area contributed by atoms with Gasteiger partial charge in [-0.3, -0.25) is 9.88 Å². The highest BCUT2D eigenvalue weighted by molar-refractivity contribution is 5.41. The van der Waals surface area contributed by atoms with Crippen molar-refractivity contribution in [2.45, 2.75) is 26.4 Å². The van der Waals surface area contributed by atoms with Crippen LogP contribution in [0.3, 0.4) is 0 Å². The van der Waals surface area contributed by atoms with Crippen LogP contribution in [0.4, 0.5) is 0 Å². The fraction of sp³-hybridized carbons (Fsp3) is 0.421. The van der Waals surface area contributed by atoms with Crippen molar-refractivity contribution in [1.82, 2.24) is 15.2 Å². The maximum absolute atomic E-state index is 5.55. The lowest BCUT2D eigenvalue weighted by Crippen LogP contribution is -2.45. The largest absolute Gasteiger partial charge is 0.496 e. The van der Waals surface area contributed by atoms with E-state index in [-0.39, 0.29) is 0 Å². The molecule has 1 aromatic heterocycles. The number of hydrogen-bond donors (Lipinski definition) is 1. The zero-order valence-electron chi connectivity index (χ0n) is 14.2. The maximum atomic E-state index is 5.55. The van der Waals surface area contributed by atoms with Crippen LogP contribution in [0.1, 0.15) is 28.4 Å². The number of nitrogens with zero attached hydrogens (tertiary/aromatic N) is 2. The van der Waals surface area contributed by atoms with Gasteiger partial charge in [0.15, 0.2) is 0 Å². The van der Waals surface area contributed by atoms with Gasteiger partial charge in [0.25, 0.3) is 0 Å². The van der Waals surface area contributed by atoms with E-state index in [1.54, 1.807) is 7.11 Å². The molecule has 2 heterocycles. The Balaban J connectivity index is 1.86. The first-order valence-electron chi connectivity index (χ1n) is 8.19. The van der Waals surface area contributed by atoms with Gasteiger partial charge in [0.2, 0.25) is 0 Å². The van der Waals surface area contributed by atoms with Crippen molar-refractivity contribution in [3.05, 3.63) is 58.9 Å². The average Bonchev–Trinajstić information content (AvgIpc) is 2.59. The van der Waals surface area contributed by atoms with Gasteiger partial charge in [-0.2, -0.15) is 0 Å². The number of rotatable bonds is 4. The molecule has 0 amide bonds. The molecule has 0 saturated carbocycles. The average molecular weight is 311 g/mol. The van der Waals surface area contributed by atoms with E-state index in [0.717, 1.165) is 48.7 Å². The topological polar surface area (TPSA) is 37.4 Å². The second-order valence-electron chi connectivity index (χ2n) is 6.15. The number of hydrogen-bond acceptors (Lipinski definition) is 4. The summed E-state index contributed by atoms with van der Waals surface area (Å²) >= 11 is 0. The van der Waals surface area contributed by atoms with Crippen LogP contribution >= 0.6 is 0 Å². The molecular weight excluding hydrogens is 286 g/mol. The first-order chi connectivity index (χ1) is 11.2. The van der Waals surface area contributed by atoms with Crippen molar-refractivity contribution < 1.29 is 4.74 Å². The molecule has 1 aliphatic heterocycles. The Morgan fingerprint density at radius 2 is 2.04 bits per heavy atom. The van der Waals surface area contributed by atoms with Crippen LogP contribution in [-0.4, -0.2) is 36.6 Å². The lowest BCUT2D eigenvalue weighted by Gasteiger charge is -2.36. The van der Waals surface area contributed by atoms with Crippen LogP contribution < -0.4 is 10.1 Å². The van der Waals surface area contributed by atoms with Crippen LogP contribution in [0.25, 0.3) is 0 Å². The molecule has 3 rings (SSSR count). The first-order valence-corrected chi connectivity index (χ1v) is 8.19. The monoisotopic (exact) mass is 311 g/mol. The summed E-state index contributed by atoms with van der Waals surface area (Å²) < 4.78 is 5.55. The molecule has 1 aliphatic rings. The van der Waals surface area contributed by atoms with Gasteiger partial charge < -0.3 is 10.1 Å². The predicted octanol–water partition coefficient (Wildman–Crippen LogP) is 2.85. The van der Waals surface area contributed by atoms with Gasteiger partial charge in [-0.1, -0.05) is 30.3 Å². The Kier molecular flexibility index (Phi) is 4.94. The summed E-state index contributed by atoms with van der Waals surface area (Å²) in [7, 11) is 1.73. The smallest absolute Gasteiger partial charge is 0.128 e. The van der Waals surface area contributed by atoms with E-state index in [1.165, 1.54) is 5.56 Å². The van der Waals surface area contributed by atoms with E-state index in [0.29, 0.717) is 6.04 Å². The van der Waals surface area contributed by atoms with Gasteiger partial charge >= 0.3 is 0 Å². The molecule has 122 valence electrons. The summed E-state index contributed by atoms with van der Waals surface area (Å²) in [5, 5.41) is 3.51. The fourth-order valence-electron chi connectivity index (χ4n) is 3.36. The number of benzene rings is 1. The molecule has 4 nitrogen and oxygen atoms in total. The third kappa shape index (κ3) is 3.38. The number of methoxy groups -OCH3 is 1. The van der Waals surface area contributed by atoms with Crippen LogP contribution in [0.5, 0.6) is 5.75 Å². The number of aromatic nitrogens is 1. The SMILES string of the molecule is COc1c(C)cnc(CN2CCNCC2c2ccccc2)c1C. The van der Waals surface area contributed by atoms with E-state index >= 15 is 0 Å². The molecule has 0 bridgehead atoms. The Bertz CT molecular complexity index is 657. The van der Waals surface area contributed by atoms with E-state index in [1.807, 2.05) is 13.1 Å².